The number of rotatable bonds is 10. The number of aliphatic hydroxyl groups is 1. The number of ether oxygens (including phenoxy) is 1. The Morgan fingerprint density at radius 2 is 1.76 bits per heavy atom. The fourth-order valence-electron chi connectivity index (χ4n) is 3.54. The second-order valence-corrected chi connectivity index (χ2v) is 9.93. The SMILES string of the molecule is C=C(C)/C=C\C(=C/C)C(C)CC.C=C(C)N=C(C)/C(C)=C/C=C(\C)OC1CCN(C(=O)C(C)O)CC1(F)F. The van der Waals surface area contributed by atoms with Crippen LogP contribution in [0.2, 0.25) is 0 Å². The highest BCUT2D eigenvalue weighted by Crippen LogP contribution is 2.31. The number of piperidine rings is 1. The van der Waals surface area contributed by atoms with Crippen LogP contribution in [-0.4, -0.2) is 52.8 Å². The van der Waals surface area contributed by atoms with Crippen LogP contribution in [0.4, 0.5) is 8.78 Å². The lowest BCUT2D eigenvalue weighted by molar-refractivity contribution is -0.174. The molecule has 3 atom stereocenters. The third-order valence-corrected chi connectivity index (χ3v) is 6.10. The molecule has 38 heavy (non-hydrogen) atoms. The van der Waals surface area contributed by atoms with Gasteiger partial charge in [-0.1, -0.05) is 56.9 Å². The molecule has 1 rings (SSSR count). The molecule has 0 aromatic rings. The molecule has 0 aromatic heterocycles. The van der Waals surface area contributed by atoms with Crippen LogP contribution in [0.1, 0.15) is 75.2 Å². The number of nitrogens with zero attached hydrogens (tertiary/aromatic N) is 2. The molecule has 1 saturated heterocycles. The summed E-state index contributed by atoms with van der Waals surface area (Å²) in [6.45, 7) is 23.8. The zero-order chi connectivity index (χ0) is 29.6. The Hall–Kier alpha value is -2.80. The molecule has 214 valence electrons. The molecule has 0 aromatic carbocycles. The average molecular weight is 535 g/mol. The van der Waals surface area contributed by atoms with E-state index < -0.39 is 30.6 Å². The summed E-state index contributed by atoms with van der Waals surface area (Å²) in [5, 5.41) is 9.28. The molecule has 1 aliphatic rings. The molecular weight excluding hydrogens is 486 g/mol. The highest BCUT2D eigenvalue weighted by molar-refractivity contribution is 5.98. The van der Waals surface area contributed by atoms with Crippen molar-refractivity contribution >= 4 is 11.6 Å². The number of likely N-dealkylation sites (tertiary alicyclic amines) is 1. The number of carbonyl (C=O) groups is 1. The quantitative estimate of drug-likeness (QED) is 0.179. The van der Waals surface area contributed by atoms with E-state index in [1.54, 1.807) is 26.0 Å². The Morgan fingerprint density at radius 1 is 1.16 bits per heavy atom. The summed E-state index contributed by atoms with van der Waals surface area (Å²) in [5.41, 5.74) is 4.86. The van der Waals surface area contributed by atoms with Gasteiger partial charge in [-0.3, -0.25) is 9.79 Å². The van der Waals surface area contributed by atoms with Crippen LogP contribution in [0.25, 0.3) is 0 Å². The minimum absolute atomic E-state index is 0.00448. The fourth-order valence-corrected chi connectivity index (χ4v) is 3.54. The molecule has 1 N–H and O–H groups in total. The number of carbonyl (C=O) groups excluding carboxylic acids is 1. The first-order chi connectivity index (χ1) is 17.5. The van der Waals surface area contributed by atoms with Crippen LogP contribution in [0.3, 0.4) is 0 Å². The number of allylic oxidation sites excluding steroid dienone is 10. The van der Waals surface area contributed by atoms with E-state index >= 15 is 0 Å². The second kappa shape index (κ2) is 16.9. The van der Waals surface area contributed by atoms with E-state index in [4.69, 9.17) is 4.74 Å². The van der Waals surface area contributed by atoms with Gasteiger partial charge in [0.25, 0.3) is 5.91 Å². The lowest BCUT2D eigenvalue weighted by atomic mass is 9.97. The van der Waals surface area contributed by atoms with Gasteiger partial charge in [0.05, 0.1) is 12.3 Å². The first kappa shape index (κ1) is 35.2. The van der Waals surface area contributed by atoms with E-state index in [1.807, 2.05) is 20.8 Å². The first-order valence-electron chi connectivity index (χ1n) is 13.1. The van der Waals surface area contributed by atoms with Gasteiger partial charge in [0, 0.05) is 24.4 Å². The number of hydrogen-bond donors (Lipinski definition) is 1. The maximum atomic E-state index is 14.3. The van der Waals surface area contributed by atoms with Crippen molar-refractivity contribution in [1.82, 2.24) is 4.90 Å². The van der Waals surface area contributed by atoms with E-state index in [0.717, 1.165) is 21.8 Å². The van der Waals surface area contributed by atoms with E-state index in [0.29, 0.717) is 17.4 Å². The van der Waals surface area contributed by atoms with Gasteiger partial charge < -0.3 is 14.7 Å². The van der Waals surface area contributed by atoms with Crippen LogP contribution >= 0.6 is 0 Å². The van der Waals surface area contributed by atoms with Gasteiger partial charge in [0.2, 0.25) is 0 Å². The summed E-state index contributed by atoms with van der Waals surface area (Å²) >= 11 is 0. The highest BCUT2D eigenvalue weighted by Gasteiger charge is 2.48. The third kappa shape index (κ3) is 13.1. The van der Waals surface area contributed by atoms with E-state index in [1.165, 1.54) is 18.9 Å². The van der Waals surface area contributed by atoms with Gasteiger partial charge in [-0.05, 0) is 78.0 Å². The topological polar surface area (TPSA) is 62.1 Å². The zero-order valence-corrected chi connectivity index (χ0v) is 24.8. The van der Waals surface area contributed by atoms with Gasteiger partial charge in [0.1, 0.15) is 6.10 Å². The van der Waals surface area contributed by atoms with Crippen molar-refractivity contribution in [2.45, 2.75) is 93.3 Å². The highest BCUT2D eigenvalue weighted by atomic mass is 19.3. The van der Waals surface area contributed by atoms with Gasteiger partial charge in [0.15, 0.2) is 6.10 Å². The minimum Gasteiger partial charge on any atom is -0.489 e. The van der Waals surface area contributed by atoms with Crippen molar-refractivity contribution in [1.29, 1.82) is 0 Å². The zero-order valence-electron chi connectivity index (χ0n) is 24.8. The Balaban J connectivity index is 0.000000958. The van der Waals surface area contributed by atoms with Crippen LogP contribution < -0.4 is 0 Å². The number of aliphatic imine (C=N–C) groups is 1. The molecule has 0 spiro atoms. The average Bonchev–Trinajstić information content (AvgIpc) is 2.82. The predicted molar refractivity (Wildman–Crippen MR) is 155 cm³/mol. The molecule has 7 heteroatoms. The predicted octanol–water partition coefficient (Wildman–Crippen LogP) is 7.58. The smallest absolute Gasteiger partial charge is 0.301 e. The Kier molecular flexibility index (Phi) is 15.7. The van der Waals surface area contributed by atoms with Crippen molar-refractivity contribution < 1.29 is 23.4 Å². The molecule has 0 radical (unpaired) electrons. The normalized spacial score (nSPS) is 20.4. The number of amides is 1. The van der Waals surface area contributed by atoms with E-state index in [9.17, 15) is 18.7 Å². The molecule has 1 aliphatic heterocycles. The van der Waals surface area contributed by atoms with Crippen molar-refractivity contribution in [3.8, 4) is 0 Å². The molecule has 3 unspecified atom stereocenters. The Bertz CT molecular complexity index is 972. The second-order valence-electron chi connectivity index (χ2n) is 9.93. The lowest BCUT2D eigenvalue weighted by Crippen LogP contribution is -2.55. The largest absolute Gasteiger partial charge is 0.489 e. The molecular formula is C31H48F2N2O3. The monoisotopic (exact) mass is 534 g/mol. The molecule has 0 bridgehead atoms. The van der Waals surface area contributed by atoms with Crippen molar-refractivity contribution in [2.24, 2.45) is 10.9 Å². The Morgan fingerprint density at radius 3 is 2.21 bits per heavy atom. The molecule has 0 saturated carbocycles. The molecule has 5 nitrogen and oxygen atoms in total. The van der Waals surface area contributed by atoms with E-state index in [-0.39, 0.29) is 13.0 Å². The van der Waals surface area contributed by atoms with Crippen LogP contribution in [0.15, 0.2) is 76.7 Å². The number of alkyl halides is 2. The summed E-state index contributed by atoms with van der Waals surface area (Å²) < 4.78 is 34.0. The number of aliphatic hydroxyl groups excluding tert-OH is 1. The van der Waals surface area contributed by atoms with Gasteiger partial charge in [-0.25, -0.2) is 8.78 Å². The maximum Gasteiger partial charge on any atom is 0.301 e. The van der Waals surface area contributed by atoms with E-state index in [2.05, 4.69) is 57.1 Å². The molecule has 1 heterocycles. The molecule has 0 aliphatic carbocycles. The number of hydrogen-bond acceptors (Lipinski definition) is 4. The minimum atomic E-state index is -3.19. The fraction of sp³-hybridized carbons (Fsp3) is 0.548. The molecule has 1 amide bonds. The lowest BCUT2D eigenvalue weighted by Gasteiger charge is -2.38. The van der Waals surface area contributed by atoms with Crippen molar-refractivity contribution in [3.05, 3.63) is 71.7 Å². The summed E-state index contributed by atoms with van der Waals surface area (Å²) in [5.74, 6) is -2.87. The summed E-state index contributed by atoms with van der Waals surface area (Å²) in [6.07, 6.45) is 8.37. The van der Waals surface area contributed by atoms with Gasteiger partial charge in [-0.2, -0.15) is 0 Å². The maximum absolute atomic E-state index is 14.3. The molecule has 1 fully saturated rings. The summed E-state index contributed by atoms with van der Waals surface area (Å²) in [6, 6.07) is 0. The third-order valence-electron chi connectivity index (χ3n) is 6.10. The van der Waals surface area contributed by atoms with Gasteiger partial charge in [-0.15, -0.1) is 0 Å². The van der Waals surface area contributed by atoms with Gasteiger partial charge >= 0.3 is 5.92 Å². The van der Waals surface area contributed by atoms with Crippen molar-refractivity contribution in [3.63, 3.8) is 0 Å². The van der Waals surface area contributed by atoms with Crippen LogP contribution in [0, 0.1) is 5.92 Å². The first-order valence-corrected chi connectivity index (χ1v) is 13.1. The standard InChI is InChI=1S/C19H28F2N2O3.C12H20/c1-12(2)22-15(5)13(3)7-8-14(4)26-17-9-10-23(11-19(17,20)21)18(25)16(6)24;1-6-11(5)12(7-2)9-8-10(3)4/h7-8,16-17,24H,1,9-11H2,2-6H3;7-9,11H,3,6H2,1-2,4-5H3/b13-7+,14-8+,22-15?;9-8-,12-7+. The summed E-state index contributed by atoms with van der Waals surface area (Å²) in [7, 11) is 0. The Labute approximate surface area is 229 Å². The summed E-state index contributed by atoms with van der Waals surface area (Å²) in [4.78, 5) is 16.9. The van der Waals surface area contributed by atoms with Crippen LogP contribution in [0.5, 0.6) is 0 Å². The number of halogens is 2. The van der Waals surface area contributed by atoms with Crippen LogP contribution in [-0.2, 0) is 9.53 Å². The van der Waals surface area contributed by atoms with Crippen molar-refractivity contribution in [2.75, 3.05) is 13.1 Å².